The molecule has 3 nitrogen and oxygen atoms in total. The predicted octanol–water partition coefficient (Wildman–Crippen LogP) is 3.71. The van der Waals surface area contributed by atoms with Gasteiger partial charge in [0, 0.05) is 28.1 Å². The van der Waals surface area contributed by atoms with Gasteiger partial charge in [-0.3, -0.25) is 0 Å². The number of hydrogen-bond acceptors (Lipinski definition) is 4. The van der Waals surface area contributed by atoms with Crippen LogP contribution in [0.5, 0.6) is 11.5 Å². The summed E-state index contributed by atoms with van der Waals surface area (Å²) in [5.41, 5.74) is 0.989. The van der Waals surface area contributed by atoms with E-state index in [2.05, 4.69) is 5.32 Å². The van der Waals surface area contributed by atoms with Crippen LogP contribution in [0.15, 0.2) is 29.6 Å². The fraction of sp³-hybridized carbons (Fsp3) is 0.286. The summed E-state index contributed by atoms with van der Waals surface area (Å²) in [6.45, 7) is 1.21. The van der Waals surface area contributed by atoms with Gasteiger partial charge in [-0.2, -0.15) is 0 Å². The molecule has 0 saturated heterocycles. The molecule has 0 radical (unpaired) electrons. The molecule has 1 aromatic carbocycles. The third-order valence-electron chi connectivity index (χ3n) is 2.62. The molecule has 2 rings (SSSR count). The number of methoxy groups -OCH3 is 1. The van der Waals surface area contributed by atoms with Crippen LogP contribution in [0.25, 0.3) is 0 Å². The smallest absolute Gasteiger partial charge is 0.166 e. The Morgan fingerprint density at radius 3 is 2.84 bits per heavy atom. The quantitative estimate of drug-likeness (QED) is 0.882. The number of rotatable bonds is 6. The standard InChI is InChI=1S/C14H16ClNO2S/c1-16-8-10-6-11(15)7-13(17-2)14(10)18-9-12-4-3-5-19-12/h3-7,16H,8-9H2,1-2H3. The minimum Gasteiger partial charge on any atom is -0.493 e. The van der Waals surface area contributed by atoms with Crippen LogP contribution in [0.4, 0.5) is 0 Å². The monoisotopic (exact) mass is 297 g/mol. The van der Waals surface area contributed by atoms with Crippen molar-refractivity contribution in [2.75, 3.05) is 14.2 Å². The second-order valence-corrected chi connectivity index (χ2v) is 5.46. The van der Waals surface area contributed by atoms with Gasteiger partial charge in [0.2, 0.25) is 0 Å². The minimum absolute atomic E-state index is 0.534. The van der Waals surface area contributed by atoms with Gasteiger partial charge in [-0.15, -0.1) is 11.3 Å². The van der Waals surface area contributed by atoms with E-state index in [9.17, 15) is 0 Å². The molecule has 5 heteroatoms. The van der Waals surface area contributed by atoms with Crippen molar-refractivity contribution in [3.8, 4) is 11.5 Å². The maximum atomic E-state index is 6.07. The Labute approximate surface area is 122 Å². The summed E-state index contributed by atoms with van der Waals surface area (Å²) >= 11 is 7.75. The maximum Gasteiger partial charge on any atom is 0.166 e. The molecule has 19 heavy (non-hydrogen) atoms. The average Bonchev–Trinajstić information content (AvgIpc) is 2.90. The number of nitrogens with one attached hydrogen (secondary N) is 1. The second-order valence-electron chi connectivity index (χ2n) is 3.99. The molecule has 0 aliphatic carbocycles. The molecule has 0 aliphatic heterocycles. The van der Waals surface area contributed by atoms with Gasteiger partial charge in [0.25, 0.3) is 0 Å². The minimum atomic E-state index is 0.534. The highest BCUT2D eigenvalue weighted by Crippen LogP contribution is 2.35. The van der Waals surface area contributed by atoms with Crippen LogP contribution in [-0.2, 0) is 13.2 Å². The number of benzene rings is 1. The Morgan fingerprint density at radius 1 is 1.37 bits per heavy atom. The van der Waals surface area contributed by atoms with Crippen LogP contribution >= 0.6 is 22.9 Å². The van der Waals surface area contributed by atoms with Gasteiger partial charge in [0.1, 0.15) is 6.61 Å². The third-order valence-corrected chi connectivity index (χ3v) is 3.69. The molecule has 0 spiro atoms. The lowest BCUT2D eigenvalue weighted by Crippen LogP contribution is -2.08. The Bertz CT molecular complexity index is 528. The highest BCUT2D eigenvalue weighted by Gasteiger charge is 2.12. The zero-order valence-electron chi connectivity index (χ0n) is 10.9. The molecule has 1 heterocycles. The molecule has 0 fully saturated rings. The highest BCUT2D eigenvalue weighted by atomic mass is 35.5. The second kappa shape index (κ2) is 6.80. The molecular formula is C14H16ClNO2S. The van der Waals surface area contributed by atoms with E-state index in [1.165, 1.54) is 4.88 Å². The van der Waals surface area contributed by atoms with Crippen molar-refractivity contribution < 1.29 is 9.47 Å². The molecular weight excluding hydrogens is 282 g/mol. The molecule has 1 aromatic heterocycles. The average molecular weight is 298 g/mol. The van der Waals surface area contributed by atoms with E-state index in [-0.39, 0.29) is 0 Å². The van der Waals surface area contributed by atoms with Crippen molar-refractivity contribution in [3.05, 3.63) is 45.1 Å². The first kappa shape index (κ1) is 14.2. The Balaban J connectivity index is 2.24. The molecule has 0 bridgehead atoms. The summed E-state index contributed by atoms with van der Waals surface area (Å²) < 4.78 is 11.2. The summed E-state index contributed by atoms with van der Waals surface area (Å²) in [5, 5.41) is 5.78. The van der Waals surface area contributed by atoms with Gasteiger partial charge in [-0.1, -0.05) is 17.7 Å². The van der Waals surface area contributed by atoms with Crippen molar-refractivity contribution >= 4 is 22.9 Å². The third kappa shape index (κ3) is 3.62. The van der Waals surface area contributed by atoms with E-state index in [1.54, 1.807) is 24.5 Å². The van der Waals surface area contributed by atoms with Gasteiger partial charge in [-0.05, 0) is 24.6 Å². The Morgan fingerprint density at radius 2 is 2.21 bits per heavy atom. The van der Waals surface area contributed by atoms with Crippen molar-refractivity contribution in [1.29, 1.82) is 0 Å². The van der Waals surface area contributed by atoms with Crippen LogP contribution < -0.4 is 14.8 Å². The number of ether oxygens (including phenoxy) is 2. The normalized spacial score (nSPS) is 10.5. The van der Waals surface area contributed by atoms with Crippen molar-refractivity contribution in [1.82, 2.24) is 5.32 Å². The van der Waals surface area contributed by atoms with Crippen LogP contribution in [0.2, 0.25) is 5.02 Å². The maximum absolute atomic E-state index is 6.07. The summed E-state index contributed by atoms with van der Waals surface area (Å²) in [7, 11) is 3.50. The number of thiophene rings is 1. The highest BCUT2D eigenvalue weighted by molar-refractivity contribution is 7.09. The molecule has 0 aliphatic rings. The molecule has 0 saturated carbocycles. The van der Waals surface area contributed by atoms with Gasteiger partial charge in [-0.25, -0.2) is 0 Å². The van der Waals surface area contributed by atoms with Crippen molar-refractivity contribution in [3.63, 3.8) is 0 Å². The van der Waals surface area contributed by atoms with Gasteiger partial charge in [0.15, 0.2) is 11.5 Å². The zero-order valence-corrected chi connectivity index (χ0v) is 12.5. The first-order chi connectivity index (χ1) is 9.24. The topological polar surface area (TPSA) is 30.5 Å². The van der Waals surface area contributed by atoms with Crippen molar-refractivity contribution in [2.24, 2.45) is 0 Å². The number of hydrogen-bond donors (Lipinski definition) is 1. The molecule has 0 amide bonds. The SMILES string of the molecule is CNCc1cc(Cl)cc(OC)c1OCc1cccs1. The lowest BCUT2D eigenvalue weighted by molar-refractivity contribution is 0.283. The largest absolute Gasteiger partial charge is 0.493 e. The Hall–Kier alpha value is -1.23. The first-order valence-corrected chi connectivity index (χ1v) is 7.16. The fourth-order valence-electron chi connectivity index (χ4n) is 1.80. The van der Waals surface area contributed by atoms with Crippen LogP contribution in [0.1, 0.15) is 10.4 Å². The Kier molecular flexibility index (Phi) is 5.07. The van der Waals surface area contributed by atoms with Gasteiger partial charge >= 0.3 is 0 Å². The van der Waals surface area contributed by atoms with Crippen molar-refractivity contribution in [2.45, 2.75) is 13.2 Å². The van der Waals surface area contributed by atoms with Crippen LogP contribution in [0, 0.1) is 0 Å². The molecule has 2 aromatic rings. The van der Waals surface area contributed by atoms with E-state index in [0.717, 1.165) is 11.3 Å². The fourth-order valence-corrected chi connectivity index (χ4v) is 2.64. The zero-order chi connectivity index (χ0) is 13.7. The lowest BCUT2D eigenvalue weighted by Gasteiger charge is -2.15. The van der Waals surface area contributed by atoms with Crippen LogP contribution in [-0.4, -0.2) is 14.2 Å². The van der Waals surface area contributed by atoms with E-state index in [0.29, 0.717) is 23.9 Å². The summed E-state index contributed by atoms with van der Waals surface area (Å²) in [6, 6.07) is 7.72. The van der Waals surface area contributed by atoms with Gasteiger partial charge in [0.05, 0.1) is 7.11 Å². The number of halogens is 1. The summed E-state index contributed by atoms with van der Waals surface area (Å²) in [6.07, 6.45) is 0. The van der Waals surface area contributed by atoms with E-state index < -0.39 is 0 Å². The summed E-state index contributed by atoms with van der Waals surface area (Å²) in [4.78, 5) is 1.17. The summed E-state index contributed by atoms with van der Waals surface area (Å²) in [5.74, 6) is 1.41. The van der Waals surface area contributed by atoms with Crippen LogP contribution in [0.3, 0.4) is 0 Å². The molecule has 0 unspecified atom stereocenters. The lowest BCUT2D eigenvalue weighted by atomic mass is 10.2. The first-order valence-electron chi connectivity index (χ1n) is 5.90. The molecule has 1 N–H and O–H groups in total. The van der Waals surface area contributed by atoms with E-state index in [1.807, 2.05) is 30.6 Å². The molecule has 0 atom stereocenters. The van der Waals surface area contributed by atoms with Gasteiger partial charge < -0.3 is 14.8 Å². The predicted molar refractivity (Wildman–Crippen MR) is 79.4 cm³/mol. The van der Waals surface area contributed by atoms with E-state index in [4.69, 9.17) is 21.1 Å². The van der Waals surface area contributed by atoms with E-state index >= 15 is 0 Å². The molecule has 102 valence electrons.